The van der Waals surface area contributed by atoms with Crippen molar-refractivity contribution in [1.82, 2.24) is 5.32 Å². The van der Waals surface area contributed by atoms with E-state index in [0.29, 0.717) is 25.7 Å². The SMILES string of the molecule is CC(C)(CN=C(N)NCC1CCCO1)c1ccc2c(c1)OCCO2. The molecule has 6 heteroatoms. The summed E-state index contributed by atoms with van der Waals surface area (Å²) in [5, 5.41) is 3.16. The van der Waals surface area contributed by atoms with Gasteiger partial charge < -0.3 is 25.3 Å². The Bertz CT molecular complexity index is 595. The second kappa shape index (κ2) is 7.30. The predicted molar refractivity (Wildman–Crippen MR) is 93.9 cm³/mol. The van der Waals surface area contributed by atoms with E-state index < -0.39 is 0 Å². The number of benzene rings is 1. The van der Waals surface area contributed by atoms with Crippen LogP contribution >= 0.6 is 0 Å². The van der Waals surface area contributed by atoms with Crippen LogP contribution in [0.2, 0.25) is 0 Å². The molecule has 3 rings (SSSR count). The largest absolute Gasteiger partial charge is 0.486 e. The highest BCUT2D eigenvalue weighted by atomic mass is 16.6. The van der Waals surface area contributed by atoms with Gasteiger partial charge in [0.2, 0.25) is 0 Å². The second-order valence-corrected chi connectivity index (χ2v) is 6.96. The van der Waals surface area contributed by atoms with Crippen molar-refractivity contribution in [1.29, 1.82) is 0 Å². The maximum atomic E-state index is 5.99. The molecule has 0 spiro atoms. The highest BCUT2D eigenvalue weighted by Crippen LogP contribution is 2.35. The summed E-state index contributed by atoms with van der Waals surface area (Å²) in [7, 11) is 0. The molecular weight excluding hydrogens is 306 g/mol. The molecule has 0 saturated carbocycles. The Labute approximate surface area is 143 Å². The van der Waals surface area contributed by atoms with Crippen molar-refractivity contribution < 1.29 is 14.2 Å². The quantitative estimate of drug-likeness (QED) is 0.635. The van der Waals surface area contributed by atoms with E-state index in [2.05, 4.69) is 30.2 Å². The molecule has 2 aliphatic rings. The van der Waals surface area contributed by atoms with E-state index in [1.807, 2.05) is 12.1 Å². The van der Waals surface area contributed by atoms with Gasteiger partial charge in [-0.15, -0.1) is 0 Å². The number of rotatable bonds is 5. The number of hydrogen-bond acceptors (Lipinski definition) is 4. The first-order valence-corrected chi connectivity index (χ1v) is 8.60. The van der Waals surface area contributed by atoms with Gasteiger partial charge in [0.15, 0.2) is 17.5 Å². The summed E-state index contributed by atoms with van der Waals surface area (Å²) < 4.78 is 16.8. The van der Waals surface area contributed by atoms with E-state index in [9.17, 15) is 0 Å². The third-order valence-electron chi connectivity index (χ3n) is 4.50. The summed E-state index contributed by atoms with van der Waals surface area (Å²) in [4.78, 5) is 4.50. The number of hydrogen-bond donors (Lipinski definition) is 2. The van der Waals surface area contributed by atoms with Gasteiger partial charge in [-0.3, -0.25) is 4.99 Å². The van der Waals surface area contributed by atoms with Crippen LogP contribution in [0.3, 0.4) is 0 Å². The van der Waals surface area contributed by atoms with Gasteiger partial charge in [-0.2, -0.15) is 0 Å². The van der Waals surface area contributed by atoms with Gasteiger partial charge in [0.25, 0.3) is 0 Å². The molecule has 24 heavy (non-hydrogen) atoms. The number of guanidine groups is 1. The normalized spacial score (nSPS) is 20.9. The van der Waals surface area contributed by atoms with Gasteiger partial charge in [-0.05, 0) is 30.5 Å². The minimum atomic E-state index is -0.147. The Morgan fingerprint density at radius 1 is 1.25 bits per heavy atom. The van der Waals surface area contributed by atoms with Crippen molar-refractivity contribution in [3.05, 3.63) is 23.8 Å². The molecule has 1 unspecified atom stereocenters. The highest BCUT2D eigenvalue weighted by molar-refractivity contribution is 5.77. The van der Waals surface area contributed by atoms with Crippen LogP contribution in [0.25, 0.3) is 0 Å². The van der Waals surface area contributed by atoms with Crippen LogP contribution in [0.15, 0.2) is 23.2 Å². The lowest BCUT2D eigenvalue weighted by Gasteiger charge is -2.26. The molecule has 1 aromatic carbocycles. The van der Waals surface area contributed by atoms with Crippen LogP contribution in [0.4, 0.5) is 0 Å². The number of fused-ring (bicyclic) bond motifs is 1. The van der Waals surface area contributed by atoms with Crippen LogP contribution in [0, 0.1) is 0 Å². The average Bonchev–Trinajstić information content (AvgIpc) is 3.11. The number of nitrogens with two attached hydrogens (primary N) is 1. The van der Waals surface area contributed by atoms with Crippen LogP contribution in [-0.4, -0.2) is 45.0 Å². The van der Waals surface area contributed by atoms with Crippen molar-refractivity contribution in [2.75, 3.05) is 32.9 Å². The third kappa shape index (κ3) is 4.12. The fourth-order valence-corrected chi connectivity index (χ4v) is 2.92. The minimum absolute atomic E-state index is 0.147. The van der Waals surface area contributed by atoms with Crippen molar-refractivity contribution in [2.24, 2.45) is 10.7 Å². The Hall–Kier alpha value is -1.95. The maximum Gasteiger partial charge on any atom is 0.188 e. The molecule has 0 aromatic heterocycles. The lowest BCUT2D eigenvalue weighted by Crippen LogP contribution is -2.38. The third-order valence-corrected chi connectivity index (χ3v) is 4.50. The molecule has 1 saturated heterocycles. The fraction of sp³-hybridized carbons (Fsp3) is 0.611. The Kier molecular flexibility index (Phi) is 5.14. The summed E-state index contributed by atoms with van der Waals surface area (Å²) in [6, 6.07) is 6.08. The summed E-state index contributed by atoms with van der Waals surface area (Å²) >= 11 is 0. The molecule has 0 radical (unpaired) electrons. The first-order chi connectivity index (χ1) is 11.5. The fourth-order valence-electron chi connectivity index (χ4n) is 2.92. The molecule has 1 aromatic rings. The predicted octanol–water partition coefficient (Wildman–Crippen LogP) is 1.82. The second-order valence-electron chi connectivity index (χ2n) is 6.96. The minimum Gasteiger partial charge on any atom is -0.486 e. The monoisotopic (exact) mass is 333 g/mol. The first kappa shape index (κ1) is 16.9. The van der Waals surface area contributed by atoms with Gasteiger partial charge >= 0.3 is 0 Å². The zero-order valence-electron chi connectivity index (χ0n) is 14.5. The van der Waals surface area contributed by atoms with Crippen LogP contribution in [0.1, 0.15) is 32.3 Å². The van der Waals surface area contributed by atoms with Gasteiger partial charge in [0.1, 0.15) is 13.2 Å². The standard InChI is InChI=1S/C18H27N3O3/c1-18(2,12-21-17(19)20-11-14-4-3-7-22-14)13-5-6-15-16(10-13)24-9-8-23-15/h5-6,10,14H,3-4,7-9,11-12H2,1-2H3,(H3,19,20,21). The first-order valence-electron chi connectivity index (χ1n) is 8.60. The van der Waals surface area contributed by atoms with Gasteiger partial charge in [-0.1, -0.05) is 19.9 Å². The van der Waals surface area contributed by atoms with E-state index in [-0.39, 0.29) is 11.5 Å². The Balaban J connectivity index is 1.59. The Morgan fingerprint density at radius 2 is 2.04 bits per heavy atom. The van der Waals surface area contributed by atoms with E-state index in [4.69, 9.17) is 19.9 Å². The van der Waals surface area contributed by atoms with E-state index in [0.717, 1.165) is 43.1 Å². The summed E-state index contributed by atoms with van der Waals surface area (Å²) in [5.41, 5.74) is 6.99. The molecule has 132 valence electrons. The summed E-state index contributed by atoms with van der Waals surface area (Å²) in [6.45, 7) is 7.66. The molecule has 2 heterocycles. The molecule has 0 amide bonds. The summed E-state index contributed by atoms with van der Waals surface area (Å²) in [6.07, 6.45) is 2.47. The van der Waals surface area contributed by atoms with Crippen LogP contribution < -0.4 is 20.5 Å². The smallest absolute Gasteiger partial charge is 0.188 e. The lowest BCUT2D eigenvalue weighted by molar-refractivity contribution is 0.114. The molecule has 1 atom stereocenters. The van der Waals surface area contributed by atoms with Crippen molar-refractivity contribution in [3.8, 4) is 11.5 Å². The van der Waals surface area contributed by atoms with Gasteiger partial charge in [0, 0.05) is 18.6 Å². The molecule has 3 N–H and O–H groups in total. The van der Waals surface area contributed by atoms with Crippen LogP contribution in [-0.2, 0) is 10.2 Å². The van der Waals surface area contributed by atoms with Gasteiger partial charge in [-0.25, -0.2) is 0 Å². The molecule has 6 nitrogen and oxygen atoms in total. The van der Waals surface area contributed by atoms with E-state index >= 15 is 0 Å². The van der Waals surface area contributed by atoms with E-state index in [1.54, 1.807) is 0 Å². The lowest BCUT2D eigenvalue weighted by atomic mass is 9.84. The number of aliphatic imine (C=N–C) groups is 1. The molecule has 0 aliphatic carbocycles. The van der Waals surface area contributed by atoms with Gasteiger partial charge in [0.05, 0.1) is 12.6 Å². The molecule has 2 aliphatic heterocycles. The maximum absolute atomic E-state index is 5.99. The number of ether oxygens (including phenoxy) is 3. The van der Waals surface area contributed by atoms with Crippen LogP contribution in [0.5, 0.6) is 11.5 Å². The molecular formula is C18H27N3O3. The van der Waals surface area contributed by atoms with Crippen molar-refractivity contribution >= 4 is 5.96 Å². The zero-order chi connectivity index (χ0) is 17.0. The van der Waals surface area contributed by atoms with Crippen molar-refractivity contribution in [2.45, 2.75) is 38.2 Å². The zero-order valence-corrected chi connectivity index (χ0v) is 14.5. The molecule has 1 fully saturated rings. The van der Waals surface area contributed by atoms with Crippen molar-refractivity contribution in [3.63, 3.8) is 0 Å². The molecule has 0 bridgehead atoms. The summed E-state index contributed by atoms with van der Waals surface area (Å²) in [5.74, 6) is 2.08. The number of nitrogens with zero attached hydrogens (tertiary/aromatic N) is 1. The van der Waals surface area contributed by atoms with E-state index in [1.165, 1.54) is 0 Å². The number of nitrogens with one attached hydrogen (secondary N) is 1. The topological polar surface area (TPSA) is 78.1 Å². The average molecular weight is 333 g/mol. The highest BCUT2D eigenvalue weighted by Gasteiger charge is 2.23. The Morgan fingerprint density at radius 3 is 2.79 bits per heavy atom.